The molecule has 8 heteroatoms. The Balaban J connectivity index is 2.58. The molecule has 0 saturated heterocycles. The van der Waals surface area contributed by atoms with E-state index in [1.54, 1.807) is 37.1 Å². The predicted molar refractivity (Wildman–Crippen MR) is 76.6 cm³/mol. The molecule has 0 spiro atoms. The number of likely N-dealkylation sites (N-methyl/N-ethyl adjacent to an activating group) is 1. The number of rotatable bonds is 6. The molecule has 0 heterocycles. The third-order valence-corrected chi connectivity index (χ3v) is 2.63. The average Bonchev–Trinajstić information content (AvgIpc) is 2.38. The number of hydrogen-bond acceptors (Lipinski definition) is 5. The van der Waals surface area contributed by atoms with Gasteiger partial charge in [0.15, 0.2) is 0 Å². The zero-order chi connectivity index (χ0) is 15.8. The topological polar surface area (TPSA) is 105 Å². The first-order valence-corrected chi connectivity index (χ1v) is 6.42. The molecule has 21 heavy (non-hydrogen) atoms. The van der Waals surface area contributed by atoms with Crippen molar-refractivity contribution in [3.63, 3.8) is 0 Å². The monoisotopic (exact) mass is 294 g/mol. The Morgan fingerprint density at radius 1 is 1.33 bits per heavy atom. The van der Waals surface area contributed by atoms with Crippen molar-refractivity contribution in [2.75, 3.05) is 20.1 Å². The number of urea groups is 1. The molecule has 1 aromatic carbocycles. The summed E-state index contributed by atoms with van der Waals surface area (Å²) in [5, 5.41) is 15.5. The van der Waals surface area contributed by atoms with Gasteiger partial charge in [-0.15, -0.1) is 0 Å². The van der Waals surface area contributed by atoms with Crippen molar-refractivity contribution < 1.29 is 14.5 Å². The van der Waals surface area contributed by atoms with Crippen LogP contribution in [0.2, 0.25) is 0 Å². The van der Waals surface area contributed by atoms with Gasteiger partial charge in [0.1, 0.15) is 0 Å². The molecule has 0 radical (unpaired) electrons. The Labute approximate surface area is 122 Å². The fourth-order valence-corrected chi connectivity index (χ4v) is 1.79. The van der Waals surface area contributed by atoms with Crippen molar-refractivity contribution >= 4 is 17.6 Å². The molecule has 0 aliphatic carbocycles. The van der Waals surface area contributed by atoms with Crippen LogP contribution in [0.25, 0.3) is 0 Å². The lowest BCUT2D eigenvalue weighted by atomic mass is 10.1. The van der Waals surface area contributed by atoms with Crippen molar-refractivity contribution in [3.05, 3.63) is 39.9 Å². The number of benzene rings is 1. The number of nitro benzene ring substituents is 1. The minimum atomic E-state index is -0.554. The lowest BCUT2D eigenvalue weighted by molar-refractivity contribution is -0.385. The predicted octanol–water partition coefficient (Wildman–Crippen LogP) is 0.872. The molecule has 8 nitrogen and oxygen atoms in total. The zero-order valence-electron chi connectivity index (χ0n) is 12.0. The van der Waals surface area contributed by atoms with Crippen LogP contribution in [0.1, 0.15) is 12.5 Å². The van der Waals surface area contributed by atoms with Gasteiger partial charge in [0.2, 0.25) is 5.91 Å². The van der Waals surface area contributed by atoms with E-state index < -0.39 is 16.9 Å². The number of nitro groups is 1. The van der Waals surface area contributed by atoms with Crippen LogP contribution < -0.4 is 10.6 Å². The molecule has 0 unspecified atom stereocenters. The second kappa shape index (κ2) is 7.95. The minimum Gasteiger partial charge on any atom is -0.338 e. The Bertz CT molecular complexity index is 533. The average molecular weight is 294 g/mol. The van der Waals surface area contributed by atoms with Crippen molar-refractivity contribution in [1.82, 2.24) is 15.5 Å². The minimum absolute atomic E-state index is 0.00786. The summed E-state index contributed by atoms with van der Waals surface area (Å²) in [6.45, 7) is 2.36. The number of imide groups is 1. The van der Waals surface area contributed by atoms with Crippen LogP contribution in [0.5, 0.6) is 0 Å². The van der Waals surface area contributed by atoms with Crippen LogP contribution in [0.4, 0.5) is 10.5 Å². The van der Waals surface area contributed by atoms with Gasteiger partial charge in [0, 0.05) is 24.7 Å². The molecular weight excluding hydrogens is 276 g/mol. The molecule has 0 fully saturated rings. The molecule has 0 aromatic heterocycles. The summed E-state index contributed by atoms with van der Waals surface area (Å²) in [7, 11) is 1.65. The fraction of sp³-hybridized carbons (Fsp3) is 0.385. The fourth-order valence-electron chi connectivity index (χ4n) is 1.79. The first-order valence-electron chi connectivity index (χ1n) is 6.42. The number of carbonyl (C=O) groups excluding carboxylic acids is 2. The van der Waals surface area contributed by atoms with Crippen LogP contribution in [0, 0.1) is 10.1 Å². The summed E-state index contributed by atoms with van der Waals surface area (Å²) < 4.78 is 0. The quantitative estimate of drug-likeness (QED) is 0.598. The van der Waals surface area contributed by atoms with Crippen molar-refractivity contribution in [3.8, 4) is 0 Å². The normalized spacial score (nSPS) is 10.2. The molecule has 0 aliphatic rings. The Kier molecular flexibility index (Phi) is 6.28. The first kappa shape index (κ1) is 16.6. The molecule has 1 aromatic rings. The Morgan fingerprint density at radius 2 is 2.00 bits per heavy atom. The van der Waals surface area contributed by atoms with Gasteiger partial charge in [0.25, 0.3) is 5.69 Å². The number of hydrogen-bond donors (Lipinski definition) is 2. The highest BCUT2D eigenvalue weighted by Crippen LogP contribution is 2.18. The van der Waals surface area contributed by atoms with E-state index in [4.69, 9.17) is 0 Å². The number of amides is 3. The van der Waals surface area contributed by atoms with Gasteiger partial charge in [-0.3, -0.25) is 25.1 Å². The van der Waals surface area contributed by atoms with E-state index in [-0.39, 0.29) is 18.8 Å². The number of para-hydroxylation sites is 1. The highest BCUT2D eigenvalue weighted by atomic mass is 16.6. The Hall–Kier alpha value is -2.48. The molecular formula is C13H18N4O4. The van der Waals surface area contributed by atoms with E-state index in [2.05, 4.69) is 10.6 Å². The highest BCUT2D eigenvalue weighted by molar-refractivity contribution is 5.95. The largest absolute Gasteiger partial charge is 0.338 e. The highest BCUT2D eigenvalue weighted by Gasteiger charge is 2.16. The van der Waals surface area contributed by atoms with Crippen LogP contribution in [0.15, 0.2) is 24.3 Å². The molecule has 2 N–H and O–H groups in total. The number of nitrogens with zero attached hydrogens (tertiary/aromatic N) is 2. The molecule has 0 saturated carbocycles. The second-order valence-corrected chi connectivity index (χ2v) is 4.47. The van der Waals surface area contributed by atoms with E-state index in [1.165, 1.54) is 6.07 Å². The third-order valence-electron chi connectivity index (χ3n) is 2.63. The summed E-state index contributed by atoms with van der Waals surface area (Å²) in [5.41, 5.74) is 0.518. The first-order chi connectivity index (χ1) is 9.93. The van der Waals surface area contributed by atoms with Crippen LogP contribution in [-0.4, -0.2) is 41.9 Å². The summed E-state index contributed by atoms with van der Waals surface area (Å²) in [6.07, 6.45) is 0. The zero-order valence-corrected chi connectivity index (χ0v) is 12.0. The van der Waals surface area contributed by atoms with Gasteiger partial charge in [-0.05, 0) is 14.0 Å². The van der Waals surface area contributed by atoms with E-state index in [0.717, 1.165) is 0 Å². The van der Waals surface area contributed by atoms with Gasteiger partial charge in [-0.25, -0.2) is 4.79 Å². The molecule has 1 rings (SSSR count). The lowest BCUT2D eigenvalue weighted by Gasteiger charge is -2.16. The van der Waals surface area contributed by atoms with Gasteiger partial charge >= 0.3 is 6.03 Å². The second-order valence-electron chi connectivity index (χ2n) is 4.47. The number of carbonyl (C=O) groups is 2. The smallest absolute Gasteiger partial charge is 0.321 e. The van der Waals surface area contributed by atoms with E-state index >= 15 is 0 Å². The summed E-state index contributed by atoms with van der Waals surface area (Å²) in [6, 6.07) is 5.78. The molecule has 0 atom stereocenters. The molecule has 114 valence electrons. The van der Waals surface area contributed by atoms with Crippen LogP contribution >= 0.6 is 0 Å². The van der Waals surface area contributed by atoms with Crippen molar-refractivity contribution in [2.24, 2.45) is 0 Å². The van der Waals surface area contributed by atoms with Gasteiger partial charge in [-0.1, -0.05) is 18.2 Å². The SMILES string of the molecule is CCNC(=O)NC(=O)CN(C)Cc1ccccc1[N+](=O)[O-]. The number of nitrogens with one attached hydrogen (secondary N) is 2. The van der Waals surface area contributed by atoms with Crippen LogP contribution in [-0.2, 0) is 11.3 Å². The van der Waals surface area contributed by atoms with Gasteiger partial charge in [-0.2, -0.15) is 0 Å². The standard InChI is InChI=1S/C13H18N4O4/c1-3-14-13(19)15-12(18)9-16(2)8-10-6-4-5-7-11(10)17(20)21/h4-7H,3,8-9H2,1-2H3,(H2,14,15,18,19). The lowest BCUT2D eigenvalue weighted by Crippen LogP contribution is -2.43. The van der Waals surface area contributed by atoms with Gasteiger partial charge < -0.3 is 5.32 Å². The summed E-state index contributed by atoms with van der Waals surface area (Å²) >= 11 is 0. The maximum absolute atomic E-state index is 11.6. The van der Waals surface area contributed by atoms with E-state index in [1.807, 2.05) is 0 Å². The summed E-state index contributed by atoms with van der Waals surface area (Å²) in [4.78, 5) is 34.8. The summed E-state index contributed by atoms with van der Waals surface area (Å²) in [5.74, 6) is -0.470. The van der Waals surface area contributed by atoms with Crippen molar-refractivity contribution in [1.29, 1.82) is 0 Å². The van der Waals surface area contributed by atoms with E-state index in [0.29, 0.717) is 12.1 Å². The molecule has 3 amide bonds. The molecule has 0 bridgehead atoms. The maximum atomic E-state index is 11.6. The Morgan fingerprint density at radius 3 is 2.62 bits per heavy atom. The maximum Gasteiger partial charge on any atom is 0.321 e. The van der Waals surface area contributed by atoms with Crippen molar-refractivity contribution in [2.45, 2.75) is 13.5 Å². The third kappa shape index (κ3) is 5.57. The van der Waals surface area contributed by atoms with E-state index in [9.17, 15) is 19.7 Å². The van der Waals surface area contributed by atoms with Gasteiger partial charge in [0.05, 0.1) is 11.5 Å². The molecule has 0 aliphatic heterocycles. The van der Waals surface area contributed by atoms with Crippen LogP contribution in [0.3, 0.4) is 0 Å².